The highest BCUT2D eigenvalue weighted by atomic mass is 79.9. The van der Waals surface area contributed by atoms with Crippen molar-refractivity contribution in [3.05, 3.63) is 28.5 Å². The molecule has 1 aromatic rings. The van der Waals surface area contributed by atoms with E-state index in [4.69, 9.17) is 0 Å². The molecule has 3 nitrogen and oxygen atoms in total. The van der Waals surface area contributed by atoms with Crippen LogP contribution in [0.2, 0.25) is 0 Å². The second-order valence-electron chi connectivity index (χ2n) is 3.67. The number of benzene rings is 1. The van der Waals surface area contributed by atoms with Crippen molar-refractivity contribution in [1.29, 1.82) is 0 Å². The Morgan fingerprint density at radius 2 is 2.11 bits per heavy atom. The molecule has 0 aromatic heterocycles. The van der Waals surface area contributed by atoms with Crippen molar-refractivity contribution in [3.8, 4) is 0 Å². The van der Waals surface area contributed by atoms with E-state index < -0.39 is 15.8 Å². The Labute approximate surface area is 120 Å². The SMILES string of the molecule is CSCCCCNS(=O)(=O)c1ccc(Br)c(F)c1. The van der Waals surface area contributed by atoms with Crippen LogP contribution in [0.5, 0.6) is 0 Å². The van der Waals surface area contributed by atoms with Gasteiger partial charge in [-0.25, -0.2) is 17.5 Å². The van der Waals surface area contributed by atoms with Crippen molar-refractivity contribution in [2.24, 2.45) is 0 Å². The lowest BCUT2D eigenvalue weighted by Crippen LogP contribution is -2.25. The largest absolute Gasteiger partial charge is 0.240 e. The van der Waals surface area contributed by atoms with E-state index in [1.165, 1.54) is 12.1 Å². The zero-order valence-corrected chi connectivity index (χ0v) is 13.2. The van der Waals surface area contributed by atoms with Crippen LogP contribution in [-0.4, -0.2) is 27.0 Å². The third-order valence-electron chi connectivity index (χ3n) is 2.27. The summed E-state index contributed by atoms with van der Waals surface area (Å²) in [6.45, 7) is 0.376. The molecule has 1 aromatic carbocycles. The highest BCUT2D eigenvalue weighted by Gasteiger charge is 2.14. The summed E-state index contributed by atoms with van der Waals surface area (Å²) in [5.74, 6) is 0.425. The Bertz CT molecular complexity index is 494. The van der Waals surface area contributed by atoms with Crippen LogP contribution in [0, 0.1) is 5.82 Å². The van der Waals surface area contributed by atoms with Gasteiger partial charge >= 0.3 is 0 Å². The van der Waals surface area contributed by atoms with Gasteiger partial charge in [0.15, 0.2) is 0 Å². The molecule has 0 unspecified atom stereocenters. The van der Waals surface area contributed by atoms with Crippen LogP contribution < -0.4 is 4.72 Å². The van der Waals surface area contributed by atoms with Crippen LogP contribution in [0.3, 0.4) is 0 Å². The van der Waals surface area contributed by atoms with Crippen molar-refractivity contribution >= 4 is 37.7 Å². The van der Waals surface area contributed by atoms with Crippen LogP contribution in [0.4, 0.5) is 4.39 Å². The Hall–Kier alpha value is -0.110. The molecule has 0 aliphatic carbocycles. The van der Waals surface area contributed by atoms with E-state index in [1.807, 2.05) is 6.26 Å². The minimum Gasteiger partial charge on any atom is -0.211 e. The molecule has 0 heterocycles. The number of rotatable bonds is 7. The minimum absolute atomic E-state index is 0.0481. The smallest absolute Gasteiger partial charge is 0.211 e. The van der Waals surface area contributed by atoms with Gasteiger partial charge in [0.2, 0.25) is 10.0 Å². The lowest BCUT2D eigenvalue weighted by atomic mass is 10.3. The first-order valence-electron chi connectivity index (χ1n) is 5.41. The minimum atomic E-state index is -3.60. The quantitative estimate of drug-likeness (QED) is 0.764. The van der Waals surface area contributed by atoms with Crippen LogP contribution in [0.25, 0.3) is 0 Å². The summed E-state index contributed by atoms with van der Waals surface area (Å²) in [7, 11) is -3.60. The predicted molar refractivity (Wildman–Crippen MR) is 76.9 cm³/mol. The van der Waals surface area contributed by atoms with Crippen LogP contribution in [0.1, 0.15) is 12.8 Å². The lowest BCUT2D eigenvalue weighted by molar-refractivity contribution is 0.574. The molecule has 0 saturated heterocycles. The topological polar surface area (TPSA) is 46.2 Å². The van der Waals surface area contributed by atoms with Crippen LogP contribution in [-0.2, 0) is 10.0 Å². The molecule has 0 radical (unpaired) electrons. The molecule has 0 bridgehead atoms. The number of thioether (sulfide) groups is 1. The number of halogens is 2. The number of nitrogens with one attached hydrogen (secondary N) is 1. The Morgan fingerprint density at radius 1 is 1.39 bits per heavy atom. The highest BCUT2D eigenvalue weighted by Crippen LogP contribution is 2.19. The van der Waals surface area contributed by atoms with Crippen molar-refractivity contribution in [2.75, 3.05) is 18.6 Å². The van der Waals surface area contributed by atoms with Gasteiger partial charge in [0.05, 0.1) is 9.37 Å². The van der Waals surface area contributed by atoms with Gasteiger partial charge in [-0.15, -0.1) is 0 Å². The van der Waals surface area contributed by atoms with E-state index in [-0.39, 0.29) is 9.37 Å². The molecule has 0 fully saturated rings. The van der Waals surface area contributed by atoms with Crippen LogP contribution in [0.15, 0.2) is 27.6 Å². The van der Waals surface area contributed by atoms with Crippen molar-refractivity contribution in [3.63, 3.8) is 0 Å². The second-order valence-corrected chi connectivity index (χ2v) is 7.28. The first-order valence-corrected chi connectivity index (χ1v) is 9.08. The van der Waals surface area contributed by atoms with Crippen molar-refractivity contribution in [2.45, 2.75) is 17.7 Å². The molecule has 0 atom stereocenters. The average Bonchev–Trinajstić information content (AvgIpc) is 2.32. The number of unbranched alkanes of at least 4 members (excludes halogenated alkanes) is 1. The zero-order valence-electron chi connectivity index (χ0n) is 9.95. The summed E-state index contributed by atoms with van der Waals surface area (Å²) in [6.07, 6.45) is 3.74. The summed E-state index contributed by atoms with van der Waals surface area (Å²) in [4.78, 5) is -0.0481. The molecule has 1 rings (SSSR count). The molecule has 0 saturated carbocycles. The zero-order chi connectivity index (χ0) is 13.6. The fourth-order valence-corrected chi connectivity index (χ4v) is 3.13. The summed E-state index contributed by atoms with van der Waals surface area (Å²) in [6, 6.07) is 3.77. The van der Waals surface area contributed by atoms with E-state index in [1.54, 1.807) is 11.8 Å². The van der Waals surface area contributed by atoms with E-state index in [2.05, 4.69) is 20.7 Å². The molecule has 0 spiro atoms. The molecule has 7 heteroatoms. The third kappa shape index (κ3) is 4.87. The fraction of sp³-hybridized carbons (Fsp3) is 0.455. The maximum Gasteiger partial charge on any atom is 0.240 e. The predicted octanol–water partition coefficient (Wildman–Crippen LogP) is 3.01. The van der Waals surface area contributed by atoms with Gasteiger partial charge in [-0.05, 0) is 59.0 Å². The first kappa shape index (κ1) is 15.9. The summed E-state index contributed by atoms with van der Waals surface area (Å²) < 4.78 is 39.6. The first-order chi connectivity index (χ1) is 8.47. The molecular formula is C11H15BrFNO2S2. The molecule has 0 aliphatic heterocycles. The fourth-order valence-electron chi connectivity index (χ4n) is 1.31. The average molecular weight is 356 g/mol. The third-order valence-corrected chi connectivity index (χ3v) is 5.07. The summed E-state index contributed by atoms with van der Waals surface area (Å²) in [5.41, 5.74) is 0. The number of sulfonamides is 1. The van der Waals surface area contributed by atoms with E-state index >= 15 is 0 Å². The summed E-state index contributed by atoms with van der Waals surface area (Å²) >= 11 is 4.71. The maximum atomic E-state index is 13.3. The molecule has 0 aliphatic rings. The van der Waals surface area contributed by atoms with Gasteiger partial charge in [0, 0.05) is 6.54 Å². The van der Waals surface area contributed by atoms with Gasteiger partial charge in [0.1, 0.15) is 5.82 Å². The van der Waals surface area contributed by atoms with Gasteiger partial charge in [-0.3, -0.25) is 0 Å². The normalized spacial score (nSPS) is 11.7. The van der Waals surface area contributed by atoms with E-state index in [9.17, 15) is 12.8 Å². The molecule has 0 amide bonds. The Balaban J connectivity index is 2.60. The monoisotopic (exact) mass is 355 g/mol. The second kappa shape index (κ2) is 7.47. The van der Waals surface area contributed by atoms with Crippen molar-refractivity contribution in [1.82, 2.24) is 4.72 Å². The molecule has 18 heavy (non-hydrogen) atoms. The standard InChI is InChI=1S/C11H15BrFNO2S2/c1-17-7-3-2-6-14-18(15,16)9-4-5-10(12)11(13)8-9/h4-5,8,14H,2-3,6-7H2,1H3. The van der Waals surface area contributed by atoms with Crippen LogP contribution >= 0.6 is 27.7 Å². The lowest BCUT2D eigenvalue weighted by Gasteiger charge is -2.07. The van der Waals surface area contributed by atoms with Gasteiger partial charge in [-0.1, -0.05) is 0 Å². The van der Waals surface area contributed by atoms with Gasteiger partial charge in [-0.2, -0.15) is 11.8 Å². The highest BCUT2D eigenvalue weighted by molar-refractivity contribution is 9.10. The summed E-state index contributed by atoms with van der Waals surface area (Å²) in [5, 5.41) is 0. The molecule has 102 valence electrons. The number of hydrogen-bond acceptors (Lipinski definition) is 3. The molecule has 1 N–H and O–H groups in total. The Kier molecular flexibility index (Phi) is 6.62. The van der Waals surface area contributed by atoms with Crippen molar-refractivity contribution < 1.29 is 12.8 Å². The van der Waals surface area contributed by atoms with E-state index in [0.29, 0.717) is 6.54 Å². The Morgan fingerprint density at radius 3 is 2.72 bits per heavy atom. The van der Waals surface area contributed by atoms with Gasteiger partial charge in [0.25, 0.3) is 0 Å². The maximum absolute atomic E-state index is 13.3. The van der Waals surface area contributed by atoms with E-state index in [0.717, 1.165) is 24.7 Å². The molecular weight excluding hydrogens is 341 g/mol. The number of hydrogen-bond donors (Lipinski definition) is 1. The van der Waals surface area contributed by atoms with Gasteiger partial charge < -0.3 is 0 Å².